The van der Waals surface area contributed by atoms with Crippen molar-refractivity contribution in [2.24, 2.45) is 5.92 Å². The third kappa shape index (κ3) is 3.53. The van der Waals surface area contributed by atoms with Crippen LogP contribution in [-0.4, -0.2) is 19.1 Å². The lowest BCUT2D eigenvalue weighted by Crippen LogP contribution is -2.43. The molecule has 2 atom stereocenters. The molecule has 0 aromatic heterocycles. The SMILES string of the molecule is COC(=O)[C@@H](NC(C)c1ccccc1F)C(C)C. The van der Waals surface area contributed by atoms with Gasteiger partial charge < -0.3 is 4.74 Å². The maximum absolute atomic E-state index is 13.6. The molecule has 3 nitrogen and oxygen atoms in total. The standard InChI is InChI=1S/C14H20FNO2/c1-9(2)13(14(17)18-4)16-10(3)11-7-5-6-8-12(11)15/h5-10,13,16H,1-4H3/t10?,13-/m0/s1. The molecule has 1 rings (SSSR count). The first-order valence-corrected chi connectivity index (χ1v) is 6.05. The zero-order valence-electron chi connectivity index (χ0n) is 11.2. The Bertz CT molecular complexity index is 407. The van der Waals surface area contributed by atoms with E-state index >= 15 is 0 Å². The summed E-state index contributed by atoms with van der Waals surface area (Å²) in [5.41, 5.74) is 0.548. The number of carbonyl (C=O) groups is 1. The van der Waals surface area contributed by atoms with Gasteiger partial charge >= 0.3 is 5.97 Å². The van der Waals surface area contributed by atoms with E-state index in [9.17, 15) is 9.18 Å². The number of halogens is 1. The van der Waals surface area contributed by atoms with Crippen molar-refractivity contribution in [2.75, 3.05) is 7.11 Å². The second-order valence-corrected chi connectivity index (χ2v) is 4.65. The number of hydrogen-bond donors (Lipinski definition) is 1. The van der Waals surface area contributed by atoms with Gasteiger partial charge in [0.05, 0.1) is 7.11 Å². The Kier molecular flexibility index (Phi) is 5.28. The van der Waals surface area contributed by atoms with E-state index < -0.39 is 6.04 Å². The Hall–Kier alpha value is -1.42. The molecular formula is C14H20FNO2. The van der Waals surface area contributed by atoms with Gasteiger partial charge in [0, 0.05) is 11.6 Å². The van der Waals surface area contributed by atoms with Crippen molar-refractivity contribution in [3.63, 3.8) is 0 Å². The highest BCUT2D eigenvalue weighted by molar-refractivity contribution is 5.76. The highest BCUT2D eigenvalue weighted by Crippen LogP contribution is 2.18. The summed E-state index contributed by atoms with van der Waals surface area (Å²) in [7, 11) is 1.35. The van der Waals surface area contributed by atoms with Crippen molar-refractivity contribution in [1.82, 2.24) is 5.32 Å². The van der Waals surface area contributed by atoms with Gasteiger partial charge in [0.25, 0.3) is 0 Å². The van der Waals surface area contributed by atoms with Crippen molar-refractivity contribution < 1.29 is 13.9 Å². The summed E-state index contributed by atoms with van der Waals surface area (Å²) in [4.78, 5) is 11.6. The van der Waals surface area contributed by atoms with Crippen LogP contribution in [0.4, 0.5) is 4.39 Å². The van der Waals surface area contributed by atoms with Crippen molar-refractivity contribution in [3.8, 4) is 0 Å². The molecule has 100 valence electrons. The Morgan fingerprint density at radius 3 is 2.39 bits per heavy atom. The van der Waals surface area contributed by atoms with Gasteiger partial charge in [-0.3, -0.25) is 10.1 Å². The molecule has 18 heavy (non-hydrogen) atoms. The third-order valence-electron chi connectivity index (χ3n) is 2.92. The molecule has 0 fully saturated rings. The average Bonchev–Trinajstić information content (AvgIpc) is 2.35. The lowest BCUT2D eigenvalue weighted by Gasteiger charge is -2.24. The van der Waals surface area contributed by atoms with Crippen molar-refractivity contribution in [2.45, 2.75) is 32.9 Å². The number of hydrogen-bond acceptors (Lipinski definition) is 3. The number of methoxy groups -OCH3 is 1. The fourth-order valence-corrected chi connectivity index (χ4v) is 1.85. The number of ether oxygens (including phenoxy) is 1. The topological polar surface area (TPSA) is 38.3 Å². The quantitative estimate of drug-likeness (QED) is 0.820. The third-order valence-corrected chi connectivity index (χ3v) is 2.92. The summed E-state index contributed by atoms with van der Waals surface area (Å²) in [6, 6.07) is 5.85. The Balaban J connectivity index is 2.82. The largest absolute Gasteiger partial charge is 0.468 e. The van der Waals surface area contributed by atoms with E-state index in [1.54, 1.807) is 18.2 Å². The molecule has 0 heterocycles. The molecule has 0 bridgehead atoms. The first-order valence-electron chi connectivity index (χ1n) is 6.05. The summed E-state index contributed by atoms with van der Waals surface area (Å²) in [6.45, 7) is 5.67. The van der Waals surface area contributed by atoms with E-state index in [4.69, 9.17) is 4.74 Å². The number of benzene rings is 1. The highest BCUT2D eigenvalue weighted by atomic mass is 19.1. The van der Waals surface area contributed by atoms with Crippen LogP contribution in [0.25, 0.3) is 0 Å². The normalized spacial score (nSPS) is 14.3. The molecule has 0 aliphatic rings. The van der Waals surface area contributed by atoms with Crippen molar-refractivity contribution in [3.05, 3.63) is 35.6 Å². The minimum absolute atomic E-state index is 0.0756. The van der Waals surface area contributed by atoms with E-state index in [1.807, 2.05) is 20.8 Å². The predicted molar refractivity (Wildman–Crippen MR) is 68.6 cm³/mol. The van der Waals surface area contributed by atoms with E-state index in [0.717, 1.165) is 0 Å². The minimum Gasteiger partial charge on any atom is -0.468 e. The summed E-state index contributed by atoms with van der Waals surface area (Å²) >= 11 is 0. The highest BCUT2D eigenvalue weighted by Gasteiger charge is 2.25. The van der Waals surface area contributed by atoms with Gasteiger partial charge in [-0.2, -0.15) is 0 Å². The van der Waals surface area contributed by atoms with Gasteiger partial charge in [-0.25, -0.2) is 4.39 Å². The van der Waals surface area contributed by atoms with E-state index in [-0.39, 0.29) is 23.7 Å². The van der Waals surface area contributed by atoms with Crippen LogP contribution in [0.5, 0.6) is 0 Å². The smallest absolute Gasteiger partial charge is 0.323 e. The monoisotopic (exact) mass is 253 g/mol. The molecule has 0 amide bonds. The summed E-state index contributed by atoms with van der Waals surface area (Å²) < 4.78 is 18.4. The van der Waals surface area contributed by atoms with E-state index in [0.29, 0.717) is 5.56 Å². The zero-order chi connectivity index (χ0) is 13.7. The summed E-state index contributed by atoms with van der Waals surface area (Å²) in [5.74, 6) is -0.523. The molecule has 0 radical (unpaired) electrons. The Morgan fingerprint density at radius 1 is 1.28 bits per heavy atom. The van der Waals surface area contributed by atoms with Crippen LogP contribution in [0, 0.1) is 11.7 Å². The molecule has 0 aliphatic carbocycles. The van der Waals surface area contributed by atoms with Crippen molar-refractivity contribution >= 4 is 5.97 Å². The van der Waals surface area contributed by atoms with Crippen LogP contribution >= 0.6 is 0 Å². The first-order chi connectivity index (χ1) is 8.47. The number of rotatable bonds is 5. The van der Waals surface area contributed by atoms with Crippen LogP contribution in [-0.2, 0) is 9.53 Å². The number of esters is 1. The molecule has 0 aliphatic heterocycles. The summed E-state index contributed by atoms with van der Waals surface area (Å²) in [5, 5.41) is 3.11. The average molecular weight is 253 g/mol. The molecule has 0 saturated heterocycles. The molecule has 1 unspecified atom stereocenters. The summed E-state index contributed by atoms with van der Waals surface area (Å²) in [6.07, 6.45) is 0. The van der Waals surface area contributed by atoms with Crippen LogP contribution in [0.2, 0.25) is 0 Å². The lowest BCUT2D eigenvalue weighted by atomic mass is 10.0. The molecule has 1 N–H and O–H groups in total. The van der Waals surface area contributed by atoms with Crippen molar-refractivity contribution in [1.29, 1.82) is 0 Å². The van der Waals surface area contributed by atoms with Crippen LogP contribution in [0.3, 0.4) is 0 Å². The molecule has 4 heteroatoms. The van der Waals surface area contributed by atoms with Gasteiger partial charge in [-0.1, -0.05) is 32.0 Å². The molecule has 0 spiro atoms. The second kappa shape index (κ2) is 6.50. The maximum Gasteiger partial charge on any atom is 0.323 e. The van der Waals surface area contributed by atoms with Crippen LogP contribution < -0.4 is 5.32 Å². The second-order valence-electron chi connectivity index (χ2n) is 4.65. The number of carbonyl (C=O) groups excluding carboxylic acids is 1. The predicted octanol–water partition coefficient (Wildman–Crippen LogP) is 2.67. The van der Waals surface area contributed by atoms with Gasteiger partial charge in [-0.05, 0) is 18.9 Å². The minimum atomic E-state index is -0.440. The van der Waals surface area contributed by atoms with Gasteiger partial charge in [0.15, 0.2) is 0 Å². The molecule has 0 saturated carbocycles. The molecule has 1 aromatic rings. The van der Waals surface area contributed by atoms with Gasteiger partial charge in [0.2, 0.25) is 0 Å². The fourth-order valence-electron chi connectivity index (χ4n) is 1.85. The van der Waals surface area contributed by atoms with Crippen LogP contribution in [0.15, 0.2) is 24.3 Å². The number of nitrogens with one attached hydrogen (secondary N) is 1. The fraction of sp³-hybridized carbons (Fsp3) is 0.500. The Labute approximate surface area is 107 Å². The van der Waals surface area contributed by atoms with E-state index in [1.165, 1.54) is 13.2 Å². The lowest BCUT2D eigenvalue weighted by molar-refractivity contribution is -0.144. The Morgan fingerprint density at radius 2 is 1.89 bits per heavy atom. The zero-order valence-corrected chi connectivity index (χ0v) is 11.2. The maximum atomic E-state index is 13.6. The molecule has 1 aromatic carbocycles. The first kappa shape index (κ1) is 14.6. The van der Waals surface area contributed by atoms with E-state index in [2.05, 4.69) is 5.32 Å². The van der Waals surface area contributed by atoms with Gasteiger partial charge in [-0.15, -0.1) is 0 Å². The molecular weight excluding hydrogens is 233 g/mol. The van der Waals surface area contributed by atoms with Crippen LogP contribution in [0.1, 0.15) is 32.4 Å². The van der Waals surface area contributed by atoms with Gasteiger partial charge in [0.1, 0.15) is 11.9 Å².